The van der Waals surface area contributed by atoms with Crippen molar-refractivity contribution in [2.45, 2.75) is 51.4 Å². The number of carbonyl (C=O) groups excluding carboxylic acids is 1. The van der Waals surface area contributed by atoms with Crippen LogP contribution in [0.5, 0.6) is 0 Å². The van der Waals surface area contributed by atoms with Crippen LogP contribution in [-0.2, 0) is 4.79 Å². The summed E-state index contributed by atoms with van der Waals surface area (Å²) in [7, 11) is 0. The van der Waals surface area contributed by atoms with Crippen LogP contribution in [0.1, 0.15) is 51.4 Å². The Bertz CT molecular complexity index is 245. The molecule has 2 aliphatic carbocycles. The van der Waals surface area contributed by atoms with Crippen molar-refractivity contribution in [2.24, 2.45) is 17.8 Å². The van der Waals surface area contributed by atoms with Gasteiger partial charge < -0.3 is 5.32 Å². The summed E-state index contributed by atoms with van der Waals surface area (Å²) in [5.74, 6) is 2.23. The maximum atomic E-state index is 11.9. The molecule has 0 heterocycles. The second-order valence-electron chi connectivity index (χ2n) is 5.53. The van der Waals surface area contributed by atoms with Crippen molar-refractivity contribution in [3.05, 3.63) is 0 Å². The van der Waals surface area contributed by atoms with E-state index < -0.39 is 0 Å². The smallest absolute Gasteiger partial charge is 0.223 e. The van der Waals surface area contributed by atoms with Crippen LogP contribution in [0.25, 0.3) is 0 Å². The molecule has 1 N–H and O–H groups in total. The van der Waals surface area contributed by atoms with Crippen LogP contribution in [-0.4, -0.2) is 17.8 Å². The SMILES string of the molecule is O=C(NCCCCCCBr)C1C2CCCCC21. The first kappa shape index (κ1) is 13.4. The molecule has 3 heteroatoms. The van der Waals surface area contributed by atoms with Gasteiger partial charge in [-0.3, -0.25) is 4.79 Å². The minimum absolute atomic E-state index is 0.349. The second kappa shape index (κ2) is 6.77. The number of rotatable bonds is 7. The third kappa shape index (κ3) is 3.70. The van der Waals surface area contributed by atoms with Gasteiger partial charge in [-0.2, -0.15) is 0 Å². The first-order valence-electron chi connectivity index (χ1n) is 7.18. The van der Waals surface area contributed by atoms with Crippen molar-refractivity contribution < 1.29 is 4.79 Å². The van der Waals surface area contributed by atoms with E-state index in [-0.39, 0.29) is 0 Å². The van der Waals surface area contributed by atoms with Crippen molar-refractivity contribution >= 4 is 21.8 Å². The molecule has 0 aromatic heterocycles. The number of alkyl halides is 1. The number of hydrogen-bond donors (Lipinski definition) is 1. The first-order valence-corrected chi connectivity index (χ1v) is 8.30. The average Bonchev–Trinajstić information content (AvgIpc) is 3.07. The van der Waals surface area contributed by atoms with Gasteiger partial charge in [0.1, 0.15) is 0 Å². The van der Waals surface area contributed by atoms with E-state index in [9.17, 15) is 4.79 Å². The molecular weight excluding hydrogens is 278 g/mol. The van der Waals surface area contributed by atoms with Gasteiger partial charge in [0.25, 0.3) is 0 Å². The van der Waals surface area contributed by atoms with Gasteiger partial charge >= 0.3 is 0 Å². The molecule has 1 amide bonds. The number of nitrogens with one attached hydrogen (secondary N) is 1. The van der Waals surface area contributed by atoms with Crippen LogP contribution in [0.2, 0.25) is 0 Å². The van der Waals surface area contributed by atoms with Crippen molar-refractivity contribution in [1.82, 2.24) is 5.32 Å². The maximum Gasteiger partial charge on any atom is 0.223 e. The Morgan fingerprint density at radius 2 is 1.71 bits per heavy atom. The number of carbonyl (C=O) groups is 1. The highest BCUT2D eigenvalue weighted by Crippen LogP contribution is 2.55. The monoisotopic (exact) mass is 301 g/mol. The van der Waals surface area contributed by atoms with Crippen molar-refractivity contribution in [1.29, 1.82) is 0 Å². The molecule has 0 aromatic carbocycles. The van der Waals surface area contributed by atoms with E-state index in [1.54, 1.807) is 0 Å². The highest BCUT2D eigenvalue weighted by Gasteiger charge is 2.54. The second-order valence-corrected chi connectivity index (χ2v) is 6.33. The van der Waals surface area contributed by atoms with Gasteiger partial charge in [-0.25, -0.2) is 0 Å². The van der Waals surface area contributed by atoms with E-state index >= 15 is 0 Å². The Hall–Kier alpha value is -0.0500. The Morgan fingerprint density at radius 3 is 2.35 bits per heavy atom. The van der Waals surface area contributed by atoms with E-state index in [0.29, 0.717) is 11.8 Å². The van der Waals surface area contributed by atoms with Gasteiger partial charge in [0.2, 0.25) is 5.91 Å². The fourth-order valence-corrected chi connectivity index (χ4v) is 3.68. The van der Waals surface area contributed by atoms with E-state index in [1.165, 1.54) is 44.9 Å². The summed E-state index contributed by atoms with van der Waals surface area (Å²) in [4.78, 5) is 11.9. The average molecular weight is 302 g/mol. The predicted molar refractivity (Wildman–Crippen MR) is 74.2 cm³/mol. The van der Waals surface area contributed by atoms with E-state index in [2.05, 4.69) is 21.2 Å². The lowest BCUT2D eigenvalue weighted by atomic mass is 10.0. The van der Waals surface area contributed by atoms with Crippen molar-refractivity contribution in [3.8, 4) is 0 Å². The zero-order valence-electron chi connectivity index (χ0n) is 10.6. The summed E-state index contributed by atoms with van der Waals surface area (Å²) < 4.78 is 0. The molecule has 2 atom stereocenters. The Labute approximate surface area is 113 Å². The van der Waals surface area contributed by atoms with Crippen LogP contribution in [0.15, 0.2) is 0 Å². The lowest BCUT2D eigenvalue weighted by molar-refractivity contribution is -0.122. The van der Waals surface area contributed by atoms with Crippen molar-refractivity contribution in [3.63, 3.8) is 0 Å². The van der Waals surface area contributed by atoms with E-state index in [1.807, 2.05) is 0 Å². The summed E-state index contributed by atoms with van der Waals surface area (Å²) >= 11 is 3.43. The predicted octanol–water partition coefficient (Wildman–Crippen LogP) is 3.49. The van der Waals surface area contributed by atoms with Crippen LogP contribution >= 0.6 is 15.9 Å². The number of hydrogen-bond acceptors (Lipinski definition) is 1. The van der Waals surface area contributed by atoms with Crippen molar-refractivity contribution in [2.75, 3.05) is 11.9 Å². The normalized spacial score (nSPS) is 30.8. The highest BCUT2D eigenvalue weighted by atomic mass is 79.9. The third-order valence-corrected chi connectivity index (χ3v) is 4.88. The summed E-state index contributed by atoms with van der Waals surface area (Å²) in [6, 6.07) is 0. The minimum atomic E-state index is 0.349. The minimum Gasteiger partial charge on any atom is -0.356 e. The summed E-state index contributed by atoms with van der Waals surface area (Å²) in [5.41, 5.74) is 0. The molecule has 17 heavy (non-hydrogen) atoms. The molecular formula is C14H24BrNO. The summed E-state index contributed by atoms with van der Waals surface area (Å²) in [5, 5.41) is 4.23. The number of fused-ring (bicyclic) bond motifs is 1. The van der Waals surface area contributed by atoms with Gasteiger partial charge in [-0.1, -0.05) is 41.6 Å². The zero-order valence-corrected chi connectivity index (χ0v) is 12.2. The first-order chi connectivity index (χ1) is 8.34. The van der Waals surface area contributed by atoms with E-state index in [4.69, 9.17) is 0 Å². The molecule has 2 unspecified atom stereocenters. The standard InChI is InChI=1S/C14H24BrNO/c15-9-5-1-2-6-10-16-14(17)13-11-7-3-4-8-12(11)13/h11-13H,1-10H2,(H,16,17). The molecule has 0 aliphatic heterocycles. The number of amides is 1. The Kier molecular flexibility index (Phi) is 5.33. The van der Waals surface area contributed by atoms with Crippen LogP contribution in [0.4, 0.5) is 0 Å². The fourth-order valence-electron chi connectivity index (χ4n) is 3.28. The zero-order chi connectivity index (χ0) is 12.1. The van der Waals surface area contributed by atoms with Gasteiger partial charge in [-0.05, 0) is 37.5 Å². The molecule has 0 aromatic rings. The molecule has 2 nitrogen and oxygen atoms in total. The molecule has 0 saturated heterocycles. The lowest BCUT2D eigenvalue weighted by Crippen LogP contribution is -2.27. The van der Waals surface area contributed by atoms with Gasteiger partial charge in [0.05, 0.1) is 0 Å². The van der Waals surface area contributed by atoms with Crippen LogP contribution in [0.3, 0.4) is 0 Å². The molecule has 2 saturated carbocycles. The number of unbranched alkanes of at least 4 members (excludes halogenated alkanes) is 3. The fraction of sp³-hybridized carbons (Fsp3) is 0.929. The maximum absolute atomic E-state index is 11.9. The van der Waals surface area contributed by atoms with Crippen LogP contribution in [0, 0.1) is 17.8 Å². The quantitative estimate of drug-likeness (QED) is 0.566. The molecule has 2 fully saturated rings. The summed E-state index contributed by atoms with van der Waals surface area (Å²) in [6.07, 6.45) is 10.2. The third-order valence-electron chi connectivity index (χ3n) is 4.32. The largest absolute Gasteiger partial charge is 0.356 e. The molecule has 0 bridgehead atoms. The molecule has 2 aliphatic rings. The van der Waals surface area contributed by atoms with Crippen LogP contribution < -0.4 is 5.32 Å². The molecule has 2 rings (SSSR count). The number of halogens is 1. The van der Waals surface area contributed by atoms with E-state index in [0.717, 1.165) is 30.1 Å². The molecule has 0 radical (unpaired) electrons. The molecule has 98 valence electrons. The van der Waals surface area contributed by atoms with Gasteiger partial charge in [-0.15, -0.1) is 0 Å². The highest BCUT2D eigenvalue weighted by molar-refractivity contribution is 9.09. The topological polar surface area (TPSA) is 29.1 Å². The lowest BCUT2D eigenvalue weighted by Gasteiger charge is -2.04. The van der Waals surface area contributed by atoms with Gasteiger partial charge in [0, 0.05) is 17.8 Å². The van der Waals surface area contributed by atoms with Gasteiger partial charge in [0.15, 0.2) is 0 Å². The Morgan fingerprint density at radius 1 is 1.06 bits per heavy atom. The summed E-state index contributed by atoms with van der Waals surface area (Å²) in [6.45, 7) is 0.886. The Balaban J connectivity index is 1.53. The molecule has 0 spiro atoms.